The number of nitrogens with one attached hydrogen (secondary N) is 1. The molecule has 0 unspecified atom stereocenters. The van der Waals surface area contributed by atoms with Crippen LogP contribution >= 0.6 is 0 Å². The summed E-state index contributed by atoms with van der Waals surface area (Å²) in [5.74, 6) is -1.61. The molecule has 0 saturated carbocycles. The largest absolute Gasteiger partial charge is 0.466 e. The quantitative estimate of drug-likeness (QED) is 0.710. The molecule has 1 aromatic rings. The molecule has 0 heterocycles. The highest BCUT2D eigenvalue weighted by atomic mass is 32.2. The Labute approximate surface area is 131 Å². The van der Waals surface area contributed by atoms with E-state index in [2.05, 4.69) is 4.72 Å². The molecule has 0 spiro atoms. The fraction of sp³-hybridized carbons (Fsp3) is 0.429. The molecule has 0 fully saturated rings. The first kappa shape index (κ1) is 16.4. The lowest BCUT2D eigenvalue weighted by Gasteiger charge is -2.16. The molecule has 7 nitrogen and oxygen atoms in total. The highest BCUT2D eigenvalue weighted by Crippen LogP contribution is 2.10. The Bertz CT molecular complexity index is 661. The molecule has 0 bridgehead atoms. The van der Waals surface area contributed by atoms with Gasteiger partial charge in [-0.3, -0.25) is 9.59 Å². The maximum absolute atomic E-state index is 12.3. The number of ether oxygens (including phenoxy) is 2. The van der Waals surface area contributed by atoms with E-state index >= 15 is 0 Å². The highest BCUT2D eigenvalue weighted by Gasteiger charge is 2.29. The van der Waals surface area contributed by atoms with Crippen LogP contribution < -0.4 is 4.72 Å². The van der Waals surface area contributed by atoms with Crippen molar-refractivity contribution in [1.29, 1.82) is 0 Å². The van der Waals surface area contributed by atoms with Crippen molar-refractivity contribution in [2.75, 3.05) is 13.2 Å². The van der Waals surface area contributed by atoms with Crippen LogP contribution in [0.25, 0.3) is 0 Å². The summed E-state index contributed by atoms with van der Waals surface area (Å²) < 4.78 is 43.9. The third-order valence-corrected chi connectivity index (χ3v) is 3.94. The molecule has 0 amide bonds. The van der Waals surface area contributed by atoms with Gasteiger partial charge in [0.2, 0.25) is 10.0 Å². The lowest BCUT2D eigenvalue weighted by Crippen LogP contribution is -2.43. The molecule has 22 heavy (non-hydrogen) atoms. The summed E-state index contributed by atoms with van der Waals surface area (Å²) in [6, 6.07) is 3.87. The summed E-state index contributed by atoms with van der Waals surface area (Å²) in [5.41, 5.74) is 0. The van der Waals surface area contributed by atoms with Crippen molar-refractivity contribution in [2.24, 2.45) is 0 Å². The van der Waals surface area contributed by atoms with E-state index in [4.69, 9.17) is 10.8 Å². The Hall–Kier alpha value is -1.93. The smallest absolute Gasteiger partial charge is 0.324 e. The lowest BCUT2D eigenvalue weighted by atomic mass is 10.2. The zero-order chi connectivity index (χ0) is 17.5. The zero-order valence-electron chi connectivity index (χ0n) is 13.4. The average Bonchev–Trinajstić information content (AvgIpc) is 2.47. The van der Waals surface area contributed by atoms with Crippen LogP contribution in [0.2, 0.25) is 0 Å². The summed E-state index contributed by atoms with van der Waals surface area (Å²) in [7, 11) is -4.16. The number of esters is 2. The van der Waals surface area contributed by atoms with Crippen molar-refractivity contribution in [1.82, 2.24) is 4.72 Å². The molecular formula is C14H19NO6S. The van der Waals surface area contributed by atoms with Crippen molar-refractivity contribution < 1.29 is 28.9 Å². The monoisotopic (exact) mass is 330 g/mol. The molecule has 1 aromatic carbocycles. The van der Waals surface area contributed by atoms with Crippen LogP contribution in [0.1, 0.15) is 21.6 Å². The van der Waals surface area contributed by atoms with Gasteiger partial charge in [0.1, 0.15) is 6.04 Å². The molecule has 0 aromatic heterocycles. The molecule has 0 aliphatic carbocycles. The number of carbonyl (C=O) groups is 2. The number of carbonyl (C=O) groups excluding carboxylic acids is 2. The number of hydrogen-bond donors (Lipinski definition) is 1. The maximum atomic E-state index is 12.3. The van der Waals surface area contributed by atoms with E-state index in [0.29, 0.717) is 0 Å². The summed E-state index contributed by atoms with van der Waals surface area (Å²) in [6.45, 7) is 3.30. The van der Waals surface area contributed by atoms with Gasteiger partial charge >= 0.3 is 11.9 Å². The van der Waals surface area contributed by atoms with Gasteiger partial charge in [-0.15, -0.1) is 0 Å². The van der Waals surface area contributed by atoms with Crippen LogP contribution in [0.5, 0.6) is 0 Å². The van der Waals surface area contributed by atoms with Crippen LogP contribution in [0.15, 0.2) is 35.2 Å². The first-order chi connectivity index (χ1) is 10.8. The first-order valence-corrected chi connectivity index (χ1v) is 8.20. The minimum absolute atomic E-state index is 0.0366. The van der Waals surface area contributed by atoms with Gasteiger partial charge in [0.05, 0.1) is 25.9 Å². The van der Waals surface area contributed by atoms with Crippen LogP contribution in [0.3, 0.4) is 0 Å². The van der Waals surface area contributed by atoms with Gasteiger partial charge in [-0.05, 0) is 26.0 Å². The number of hydrogen-bond acceptors (Lipinski definition) is 6. The van der Waals surface area contributed by atoms with Crippen LogP contribution in [-0.2, 0) is 29.1 Å². The van der Waals surface area contributed by atoms with Crippen molar-refractivity contribution in [3.05, 3.63) is 30.3 Å². The summed E-state index contributed by atoms with van der Waals surface area (Å²) in [5, 5.41) is 0. The van der Waals surface area contributed by atoms with Gasteiger partial charge in [-0.2, -0.15) is 4.72 Å². The Morgan fingerprint density at radius 3 is 2.50 bits per heavy atom. The molecule has 0 saturated heterocycles. The Morgan fingerprint density at radius 2 is 1.91 bits per heavy atom. The molecule has 1 rings (SSSR count). The minimum Gasteiger partial charge on any atom is -0.466 e. The van der Waals surface area contributed by atoms with Crippen molar-refractivity contribution in [3.8, 4) is 0 Å². The SMILES string of the molecule is [2H]c1ccccc1S(=O)(=O)N[C@@H](CC(=O)OCC)C(=O)OCC. The van der Waals surface area contributed by atoms with E-state index in [1.165, 1.54) is 24.3 Å². The molecule has 122 valence electrons. The topological polar surface area (TPSA) is 98.8 Å². The van der Waals surface area contributed by atoms with E-state index < -0.39 is 34.4 Å². The standard InChI is InChI=1S/C14H19NO6S/c1-3-20-13(16)10-12(14(17)21-4-2)15-22(18,19)11-8-6-5-7-9-11/h5-9,12,15H,3-4,10H2,1-2H3/t12-/m0/s1/i8D. The van der Waals surface area contributed by atoms with Gasteiger partial charge in [0, 0.05) is 0 Å². The Kier molecular flexibility index (Phi) is 6.35. The second-order valence-electron chi connectivity index (χ2n) is 4.16. The highest BCUT2D eigenvalue weighted by molar-refractivity contribution is 7.89. The van der Waals surface area contributed by atoms with E-state index in [1.807, 2.05) is 0 Å². The fourth-order valence-corrected chi connectivity index (χ4v) is 2.76. The fourth-order valence-electron chi connectivity index (χ4n) is 1.60. The summed E-state index contributed by atoms with van der Waals surface area (Å²) in [6.07, 6.45) is -0.494. The van der Waals surface area contributed by atoms with Crippen molar-refractivity contribution in [3.63, 3.8) is 0 Å². The van der Waals surface area contributed by atoms with E-state index in [1.54, 1.807) is 13.8 Å². The maximum Gasteiger partial charge on any atom is 0.324 e. The normalized spacial score (nSPS) is 13.1. The predicted octanol–water partition coefficient (Wildman–Crippen LogP) is 0.850. The van der Waals surface area contributed by atoms with Crippen molar-refractivity contribution in [2.45, 2.75) is 31.2 Å². The van der Waals surface area contributed by atoms with Crippen LogP contribution in [0.4, 0.5) is 0 Å². The molecule has 1 atom stereocenters. The molecule has 8 heteroatoms. The first-order valence-electron chi connectivity index (χ1n) is 7.22. The van der Waals surface area contributed by atoms with Gasteiger partial charge in [-0.25, -0.2) is 8.42 Å². The predicted molar refractivity (Wildman–Crippen MR) is 78.4 cm³/mol. The van der Waals surface area contributed by atoms with Crippen LogP contribution in [-0.4, -0.2) is 39.6 Å². The molecule has 0 aliphatic rings. The Morgan fingerprint density at radius 1 is 1.23 bits per heavy atom. The Balaban J connectivity index is 3.01. The third kappa shape index (κ3) is 5.45. The summed E-state index contributed by atoms with van der Waals surface area (Å²) in [4.78, 5) is 23.1. The van der Waals surface area contributed by atoms with E-state index in [-0.39, 0.29) is 24.2 Å². The third-order valence-electron chi connectivity index (χ3n) is 2.51. The van der Waals surface area contributed by atoms with E-state index in [0.717, 1.165) is 0 Å². The lowest BCUT2D eigenvalue weighted by molar-refractivity contribution is -0.151. The molecule has 1 N–H and O–H groups in total. The second-order valence-corrected chi connectivity index (χ2v) is 5.84. The number of rotatable bonds is 8. The molecule has 0 aliphatic heterocycles. The number of benzene rings is 1. The van der Waals surface area contributed by atoms with Gasteiger partial charge < -0.3 is 9.47 Å². The van der Waals surface area contributed by atoms with Gasteiger partial charge in [0.25, 0.3) is 0 Å². The van der Waals surface area contributed by atoms with Crippen LogP contribution in [0, 0.1) is 0 Å². The zero-order valence-corrected chi connectivity index (χ0v) is 13.2. The molecular weight excluding hydrogens is 310 g/mol. The second kappa shape index (κ2) is 8.50. The van der Waals surface area contributed by atoms with E-state index in [9.17, 15) is 18.0 Å². The van der Waals surface area contributed by atoms with Gasteiger partial charge in [0.15, 0.2) is 0 Å². The molecule has 0 radical (unpaired) electrons. The summed E-state index contributed by atoms with van der Waals surface area (Å²) >= 11 is 0. The number of sulfonamides is 1. The average molecular weight is 330 g/mol. The minimum atomic E-state index is -4.16. The van der Waals surface area contributed by atoms with Gasteiger partial charge in [-0.1, -0.05) is 18.2 Å². The van der Waals surface area contributed by atoms with Crippen molar-refractivity contribution >= 4 is 22.0 Å².